The van der Waals surface area contributed by atoms with Gasteiger partial charge in [-0.3, -0.25) is 4.90 Å². The van der Waals surface area contributed by atoms with Crippen LogP contribution in [-0.4, -0.2) is 39.2 Å². The Morgan fingerprint density at radius 2 is 2.12 bits per heavy atom. The van der Waals surface area contributed by atoms with Crippen LogP contribution in [0.2, 0.25) is 0 Å². The predicted octanol–water partition coefficient (Wildman–Crippen LogP) is 2.64. The molecule has 1 unspecified atom stereocenters. The zero-order valence-corrected chi connectivity index (χ0v) is 14.9. The summed E-state index contributed by atoms with van der Waals surface area (Å²) in [6.07, 6.45) is 3.84. The molecule has 1 atom stereocenters. The van der Waals surface area contributed by atoms with Crippen LogP contribution in [0.15, 0.2) is 53.3 Å². The molecule has 4 rings (SSSR count). The van der Waals surface area contributed by atoms with E-state index >= 15 is 0 Å². The molecule has 1 fully saturated rings. The lowest BCUT2D eigenvalue weighted by Crippen LogP contribution is -2.46. The number of aromatic nitrogens is 3. The van der Waals surface area contributed by atoms with E-state index in [1.165, 1.54) is 0 Å². The largest absolute Gasteiger partial charge is 0.359 e. The third kappa shape index (κ3) is 3.76. The quantitative estimate of drug-likeness (QED) is 0.776. The summed E-state index contributed by atoms with van der Waals surface area (Å²) in [5.74, 6) is 1.96. The van der Waals surface area contributed by atoms with Gasteiger partial charge in [-0.1, -0.05) is 35.5 Å². The zero-order valence-electron chi connectivity index (χ0n) is 14.1. The number of hydrogen-bond acceptors (Lipinski definition) is 5. The van der Waals surface area contributed by atoms with Gasteiger partial charge in [0.2, 0.25) is 0 Å². The SMILES string of the molecule is Cl.Cn1ccnc1C1CNCCN1Cc1cc(-c2ccccc2)no1. The molecule has 1 N–H and O–H groups in total. The Bertz CT molecular complexity index is 801. The molecule has 1 aromatic carbocycles. The third-order valence-electron chi connectivity index (χ3n) is 4.50. The number of nitrogens with zero attached hydrogens (tertiary/aromatic N) is 4. The third-order valence-corrected chi connectivity index (χ3v) is 4.50. The summed E-state index contributed by atoms with van der Waals surface area (Å²) in [6, 6.07) is 12.4. The van der Waals surface area contributed by atoms with Crippen LogP contribution in [0.5, 0.6) is 0 Å². The molecule has 7 heteroatoms. The zero-order chi connectivity index (χ0) is 16.4. The fourth-order valence-electron chi connectivity index (χ4n) is 3.22. The van der Waals surface area contributed by atoms with Crippen molar-refractivity contribution in [3.05, 3.63) is 60.4 Å². The van der Waals surface area contributed by atoms with Gasteiger partial charge in [-0.15, -0.1) is 12.4 Å². The van der Waals surface area contributed by atoms with E-state index in [2.05, 4.69) is 24.9 Å². The van der Waals surface area contributed by atoms with Crippen LogP contribution in [0.25, 0.3) is 11.3 Å². The maximum Gasteiger partial charge on any atom is 0.151 e. The second-order valence-corrected chi connectivity index (χ2v) is 6.13. The Morgan fingerprint density at radius 3 is 2.88 bits per heavy atom. The van der Waals surface area contributed by atoms with Crippen molar-refractivity contribution in [2.24, 2.45) is 7.05 Å². The van der Waals surface area contributed by atoms with Gasteiger partial charge in [-0.25, -0.2) is 4.98 Å². The molecule has 1 saturated heterocycles. The first-order chi connectivity index (χ1) is 11.8. The normalized spacial score (nSPS) is 18.0. The van der Waals surface area contributed by atoms with Crippen molar-refractivity contribution >= 4 is 12.4 Å². The molecule has 132 valence electrons. The number of piperazine rings is 1. The first kappa shape index (κ1) is 17.7. The molecule has 0 saturated carbocycles. The van der Waals surface area contributed by atoms with Crippen molar-refractivity contribution in [3.8, 4) is 11.3 Å². The van der Waals surface area contributed by atoms with Gasteiger partial charge >= 0.3 is 0 Å². The fourth-order valence-corrected chi connectivity index (χ4v) is 3.22. The summed E-state index contributed by atoms with van der Waals surface area (Å²) < 4.78 is 7.66. The molecule has 6 nitrogen and oxygen atoms in total. The Morgan fingerprint density at radius 1 is 1.28 bits per heavy atom. The summed E-state index contributed by atoms with van der Waals surface area (Å²) in [7, 11) is 2.04. The molecule has 3 heterocycles. The number of nitrogens with one attached hydrogen (secondary N) is 1. The number of rotatable bonds is 4. The van der Waals surface area contributed by atoms with Crippen LogP contribution in [0.4, 0.5) is 0 Å². The van der Waals surface area contributed by atoms with Crippen LogP contribution in [0.3, 0.4) is 0 Å². The van der Waals surface area contributed by atoms with Crippen molar-refractivity contribution < 1.29 is 4.52 Å². The maximum atomic E-state index is 5.58. The standard InChI is InChI=1S/C18H21N5O.ClH/c1-22-9-8-20-18(22)17-12-19-7-10-23(17)13-15-11-16(21-24-15)14-5-3-2-4-6-14;/h2-6,8-9,11,17,19H,7,10,12-13H2,1H3;1H. The van der Waals surface area contributed by atoms with Gasteiger partial charge in [0, 0.05) is 50.7 Å². The van der Waals surface area contributed by atoms with E-state index in [9.17, 15) is 0 Å². The van der Waals surface area contributed by atoms with Crippen molar-refractivity contribution in [2.75, 3.05) is 19.6 Å². The molecule has 0 amide bonds. The van der Waals surface area contributed by atoms with Gasteiger partial charge in [0.1, 0.15) is 11.5 Å². The lowest BCUT2D eigenvalue weighted by atomic mass is 10.1. The van der Waals surface area contributed by atoms with E-state index in [1.54, 1.807) is 0 Å². The fraction of sp³-hybridized carbons (Fsp3) is 0.333. The highest BCUT2D eigenvalue weighted by Crippen LogP contribution is 2.25. The van der Waals surface area contributed by atoms with Gasteiger partial charge in [0.15, 0.2) is 5.76 Å². The molecule has 1 aliphatic heterocycles. The smallest absolute Gasteiger partial charge is 0.151 e. The van der Waals surface area contributed by atoms with Crippen LogP contribution in [0, 0.1) is 0 Å². The topological polar surface area (TPSA) is 59.1 Å². The van der Waals surface area contributed by atoms with Crippen molar-refractivity contribution in [1.29, 1.82) is 0 Å². The van der Waals surface area contributed by atoms with Crippen LogP contribution >= 0.6 is 12.4 Å². The monoisotopic (exact) mass is 359 g/mol. The van der Waals surface area contributed by atoms with Gasteiger partial charge in [-0.2, -0.15) is 0 Å². The van der Waals surface area contributed by atoms with Crippen LogP contribution in [0.1, 0.15) is 17.6 Å². The van der Waals surface area contributed by atoms with Gasteiger partial charge < -0.3 is 14.4 Å². The lowest BCUT2D eigenvalue weighted by Gasteiger charge is -2.34. The number of imidazole rings is 1. The van der Waals surface area contributed by atoms with E-state index < -0.39 is 0 Å². The Balaban J connectivity index is 0.00000182. The van der Waals surface area contributed by atoms with Crippen LogP contribution < -0.4 is 5.32 Å². The number of aryl methyl sites for hydroxylation is 1. The molecule has 3 aromatic rings. The van der Waals surface area contributed by atoms with Gasteiger partial charge in [0.05, 0.1) is 12.6 Å². The minimum Gasteiger partial charge on any atom is -0.359 e. The first-order valence-corrected chi connectivity index (χ1v) is 8.24. The van der Waals surface area contributed by atoms with Crippen molar-refractivity contribution in [2.45, 2.75) is 12.6 Å². The second-order valence-electron chi connectivity index (χ2n) is 6.13. The molecule has 2 aromatic heterocycles. The van der Waals surface area contributed by atoms with Crippen molar-refractivity contribution in [1.82, 2.24) is 24.9 Å². The van der Waals surface area contributed by atoms with E-state index in [1.807, 2.05) is 55.8 Å². The van der Waals surface area contributed by atoms with Crippen LogP contribution in [-0.2, 0) is 13.6 Å². The van der Waals surface area contributed by atoms with Crippen molar-refractivity contribution in [3.63, 3.8) is 0 Å². The number of benzene rings is 1. The Labute approximate surface area is 153 Å². The number of halogens is 1. The molecular formula is C18H22ClN5O. The van der Waals surface area contributed by atoms with E-state index in [-0.39, 0.29) is 18.4 Å². The molecule has 0 bridgehead atoms. The Kier molecular flexibility index (Phi) is 5.53. The minimum absolute atomic E-state index is 0. The van der Waals surface area contributed by atoms with E-state index in [4.69, 9.17) is 4.52 Å². The molecule has 0 spiro atoms. The van der Waals surface area contributed by atoms with Gasteiger partial charge in [-0.05, 0) is 0 Å². The molecule has 0 radical (unpaired) electrons. The summed E-state index contributed by atoms with van der Waals surface area (Å²) in [5, 5.41) is 7.68. The molecule has 0 aliphatic carbocycles. The lowest BCUT2D eigenvalue weighted by molar-refractivity contribution is 0.130. The second kappa shape index (κ2) is 7.82. The van der Waals surface area contributed by atoms with Gasteiger partial charge in [0.25, 0.3) is 0 Å². The predicted molar refractivity (Wildman–Crippen MR) is 98.4 cm³/mol. The highest BCUT2D eigenvalue weighted by atomic mass is 35.5. The maximum absolute atomic E-state index is 5.58. The minimum atomic E-state index is 0. The Hall–Kier alpha value is -2.15. The molecular weight excluding hydrogens is 338 g/mol. The molecule has 25 heavy (non-hydrogen) atoms. The summed E-state index contributed by atoms with van der Waals surface area (Å²) in [5.41, 5.74) is 1.96. The average molecular weight is 360 g/mol. The first-order valence-electron chi connectivity index (χ1n) is 8.24. The van der Waals surface area contributed by atoms with E-state index in [0.717, 1.165) is 49.0 Å². The summed E-state index contributed by atoms with van der Waals surface area (Å²) >= 11 is 0. The summed E-state index contributed by atoms with van der Waals surface area (Å²) in [4.78, 5) is 6.92. The average Bonchev–Trinajstić information content (AvgIpc) is 3.25. The highest BCUT2D eigenvalue weighted by molar-refractivity contribution is 5.85. The number of hydrogen-bond donors (Lipinski definition) is 1. The molecule has 1 aliphatic rings. The highest BCUT2D eigenvalue weighted by Gasteiger charge is 2.27. The summed E-state index contributed by atoms with van der Waals surface area (Å²) in [6.45, 7) is 3.56. The van der Waals surface area contributed by atoms with E-state index in [0.29, 0.717) is 0 Å².